The topological polar surface area (TPSA) is 106 Å². The van der Waals surface area contributed by atoms with Crippen LogP contribution in [0.1, 0.15) is 24.5 Å². The molecule has 4 amide bonds. The van der Waals surface area contributed by atoms with Crippen LogP contribution in [0.15, 0.2) is 66.7 Å². The quantitative estimate of drug-likeness (QED) is 0.396. The summed E-state index contributed by atoms with van der Waals surface area (Å²) >= 11 is 0. The van der Waals surface area contributed by atoms with Crippen molar-refractivity contribution in [2.24, 2.45) is 0 Å². The largest absolute Gasteiger partial charge is 0.491 e. The van der Waals surface area contributed by atoms with Crippen molar-refractivity contribution in [1.29, 1.82) is 0 Å². The molecule has 10 heteroatoms. The Morgan fingerprint density at radius 2 is 1.83 bits per heavy atom. The highest BCUT2D eigenvalue weighted by molar-refractivity contribution is 5.92. The van der Waals surface area contributed by atoms with E-state index in [4.69, 9.17) is 9.84 Å². The minimum atomic E-state index is -0.724. The molecule has 2 saturated heterocycles. The minimum absolute atomic E-state index is 0.0257. The number of aliphatic hydroxyl groups is 1. The first-order chi connectivity index (χ1) is 19.9. The van der Waals surface area contributed by atoms with Gasteiger partial charge in [-0.1, -0.05) is 61.5 Å². The van der Waals surface area contributed by atoms with Crippen LogP contribution in [0.25, 0.3) is 10.8 Å². The standard InChI is InChI=1S/C31H37N5O5/c1-3-15-34(31(40)32-2)35-21-29(38)36-27(18-22-11-13-25(14-12-22)41-17-16-37)30(39)33(20-28(35)36)19-24-9-6-8-23-7-4-5-10-26(23)24/h4-14,27-28,37H,3,15-21H2,1-2H3,(H,32,40)/t27-,28+/m0/s1. The fourth-order valence-electron chi connectivity index (χ4n) is 5.82. The Labute approximate surface area is 240 Å². The summed E-state index contributed by atoms with van der Waals surface area (Å²) in [5.41, 5.74) is 1.91. The van der Waals surface area contributed by atoms with E-state index in [9.17, 15) is 14.4 Å². The number of nitrogens with one attached hydrogen (secondary N) is 1. The summed E-state index contributed by atoms with van der Waals surface area (Å²) in [7, 11) is 1.58. The SMILES string of the molecule is CCCN(C(=O)NC)N1CC(=O)N2[C@@H](Cc3ccc(OCCO)cc3)C(=O)N(Cc3cccc4ccccc34)C[C@@H]21. The summed E-state index contributed by atoms with van der Waals surface area (Å²) in [6, 6.07) is 20.5. The van der Waals surface area contributed by atoms with Crippen LogP contribution in [-0.4, -0.2) is 94.9 Å². The van der Waals surface area contributed by atoms with E-state index in [1.165, 1.54) is 0 Å². The Hall–Kier alpha value is -4.15. The molecular formula is C31H37N5O5. The average Bonchev–Trinajstić information content (AvgIpc) is 3.32. The maximum atomic E-state index is 14.1. The fourth-order valence-corrected chi connectivity index (χ4v) is 5.82. The molecule has 0 saturated carbocycles. The molecule has 0 radical (unpaired) electrons. The number of ether oxygens (including phenoxy) is 1. The summed E-state index contributed by atoms with van der Waals surface area (Å²) in [5, 5.41) is 17.3. The number of hydrazine groups is 1. The molecule has 3 aromatic rings. The number of carbonyl (C=O) groups is 3. The van der Waals surface area contributed by atoms with Crippen molar-refractivity contribution in [3.8, 4) is 5.75 Å². The Morgan fingerprint density at radius 3 is 2.56 bits per heavy atom. The first kappa shape index (κ1) is 28.4. The summed E-state index contributed by atoms with van der Waals surface area (Å²) in [6.07, 6.45) is 0.572. The molecule has 0 unspecified atom stereocenters. The van der Waals surface area contributed by atoms with Gasteiger partial charge in [0.05, 0.1) is 19.7 Å². The van der Waals surface area contributed by atoms with Crippen molar-refractivity contribution in [2.45, 2.75) is 38.5 Å². The van der Waals surface area contributed by atoms with E-state index in [0.717, 1.165) is 28.3 Å². The minimum Gasteiger partial charge on any atom is -0.491 e. The number of rotatable bonds is 10. The lowest BCUT2D eigenvalue weighted by atomic mass is 9.99. The van der Waals surface area contributed by atoms with Crippen molar-refractivity contribution >= 4 is 28.6 Å². The van der Waals surface area contributed by atoms with Crippen LogP contribution in [0, 0.1) is 0 Å². The third kappa shape index (κ3) is 5.84. The van der Waals surface area contributed by atoms with Gasteiger partial charge in [0.15, 0.2) is 0 Å². The zero-order valence-corrected chi connectivity index (χ0v) is 23.5. The second kappa shape index (κ2) is 12.6. The third-order valence-corrected chi connectivity index (χ3v) is 7.71. The molecule has 0 spiro atoms. The van der Waals surface area contributed by atoms with Crippen LogP contribution in [0.2, 0.25) is 0 Å². The van der Waals surface area contributed by atoms with E-state index in [2.05, 4.69) is 23.5 Å². The second-order valence-corrected chi connectivity index (χ2v) is 10.4. The predicted octanol–water partition coefficient (Wildman–Crippen LogP) is 2.60. The number of fused-ring (bicyclic) bond motifs is 2. The van der Waals surface area contributed by atoms with Crippen molar-refractivity contribution in [3.63, 3.8) is 0 Å². The van der Waals surface area contributed by atoms with E-state index in [1.54, 1.807) is 29.1 Å². The Morgan fingerprint density at radius 1 is 1.07 bits per heavy atom. The van der Waals surface area contributed by atoms with Crippen molar-refractivity contribution in [1.82, 2.24) is 25.1 Å². The summed E-state index contributed by atoms with van der Waals surface area (Å²) < 4.78 is 5.48. The van der Waals surface area contributed by atoms with Crippen LogP contribution >= 0.6 is 0 Å². The number of urea groups is 1. The molecule has 10 nitrogen and oxygen atoms in total. The molecule has 2 N–H and O–H groups in total. The van der Waals surface area contributed by atoms with Gasteiger partial charge in [-0.2, -0.15) is 5.01 Å². The molecule has 41 heavy (non-hydrogen) atoms. The van der Waals surface area contributed by atoms with Crippen LogP contribution in [0.4, 0.5) is 4.79 Å². The maximum Gasteiger partial charge on any atom is 0.331 e. The average molecular weight is 560 g/mol. The van der Waals surface area contributed by atoms with E-state index < -0.39 is 12.2 Å². The number of carbonyl (C=O) groups excluding carboxylic acids is 3. The summed E-state index contributed by atoms with van der Waals surface area (Å²) in [5.74, 6) is 0.329. The van der Waals surface area contributed by atoms with Crippen LogP contribution in [-0.2, 0) is 22.6 Å². The number of hydrogen-bond acceptors (Lipinski definition) is 6. The monoisotopic (exact) mass is 559 g/mol. The van der Waals surface area contributed by atoms with Gasteiger partial charge in [-0.05, 0) is 40.5 Å². The third-order valence-electron chi connectivity index (χ3n) is 7.71. The van der Waals surface area contributed by atoms with Gasteiger partial charge in [0.2, 0.25) is 11.8 Å². The predicted molar refractivity (Wildman–Crippen MR) is 155 cm³/mol. The molecule has 0 bridgehead atoms. The van der Waals surface area contributed by atoms with Crippen molar-refractivity contribution in [3.05, 3.63) is 77.9 Å². The molecule has 2 fully saturated rings. The lowest BCUT2D eigenvalue weighted by Crippen LogP contribution is -2.66. The van der Waals surface area contributed by atoms with Crippen LogP contribution in [0.3, 0.4) is 0 Å². The lowest BCUT2D eigenvalue weighted by molar-refractivity contribution is -0.157. The molecule has 2 aliphatic rings. The number of piperazine rings is 1. The van der Waals surface area contributed by atoms with Gasteiger partial charge in [0.25, 0.3) is 0 Å². The van der Waals surface area contributed by atoms with Crippen LogP contribution in [0.5, 0.6) is 5.75 Å². The smallest absolute Gasteiger partial charge is 0.331 e. The van der Waals surface area contributed by atoms with Crippen LogP contribution < -0.4 is 10.1 Å². The molecule has 2 atom stereocenters. The molecule has 3 aromatic carbocycles. The Balaban J connectivity index is 1.48. The number of nitrogens with zero attached hydrogens (tertiary/aromatic N) is 4. The van der Waals surface area contributed by atoms with E-state index in [-0.39, 0.29) is 44.1 Å². The van der Waals surface area contributed by atoms with E-state index >= 15 is 0 Å². The zero-order valence-electron chi connectivity index (χ0n) is 23.5. The molecule has 2 heterocycles. The molecule has 2 aliphatic heterocycles. The summed E-state index contributed by atoms with van der Waals surface area (Å²) in [6.45, 7) is 3.26. The first-order valence-corrected chi connectivity index (χ1v) is 14.1. The highest BCUT2D eigenvalue weighted by Crippen LogP contribution is 2.31. The Bertz CT molecular complexity index is 1390. The fraction of sp³-hybridized carbons (Fsp3) is 0.387. The summed E-state index contributed by atoms with van der Waals surface area (Å²) in [4.78, 5) is 44.0. The number of aliphatic hydroxyl groups excluding tert-OH is 1. The highest BCUT2D eigenvalue weighted by atomic mass is 16.5. The molecule has 0 aliphatic carbocycles. The van der Waals surface area contributed by atoms with Gasteiger partial charge in [0, 0.05) is 26.6 Å². The molecule has 0 aromatic heterocycles. The van der Waals surface area contributed by atoms with Gasteiger partial charge in [-0.15, -0.1) is 0 Å². The van der Waals surface area contributed by atoms with Crippen molar-refractivity contribution < 1.29 is 24.2 Å². The number of benzene rings is 3. The highest BCUT2D eigenvalue weighted by Gasteiger charge is 2.52. The normalized spacial score (nSPS) is 19.0. The van der Waals surface area contributed by atoms with Gasteiger partial charge in [-0.3, -0.25) is 14.6 Å². The Kier molecular flexibility index (Phi) is 8.70. The molecule has 216 valence electrons. The number of hydrogen-bond donors (Lipinski definition) is 2. The first-order valence-electron chi connectivity index (χ1n) is 14.1. The zero-order chi connectivity index (χ0) is 28.9. The maximum absolute atomic E-state index is 14.1. The van der Waals surface area contributed by atoms with Gasteiger partial charge < -0.3 is 25.0 Å². The van der Waals surface area contributed by atoms with Crippen molar-refractivity contribution in [2.75, 3.05) is 39.9 Å². The van der Waals surface area contributed by atoms with Gasteiger partial charge >= 0.3 is 6.03 Å². The second-order valence-electron chi connectivity index (χ2n) is 10.4. The number of amides is 4. The van der Waals surface area contributed by atoms with Gasteiger partial charge in [0.1, 0.15) is 24.6 Å². The molecule has 5 rings (SSSR count). The molecular weight excluding hydrogens is 522 g/mol. The van der Waals surface area contributed by atoms with E-state index in [1.807, 2.05) is 53.2 Å². The van der Waals surface area contributed by atoms with Gasteiger partial charge in [-0.25, -0.2) is 4.79 Å². The lowest BCUT2D eigenvalue weighted by Gasteiger charge is -2.46. The van der Waals surface area contributed by atoms with E-state index in [0.29, 0.717) is 25.3 Å².